The number of hydrogen-bond donors (Lipinski definition) is 3. The molecule has 0 atom stereocenters. The van der Waals surface area contributed by atoms with Crippen LogP contribution in [0.3, 0.4) is 0 Å². The van der Waals surface area contributed by atoms with E-state index < -0.39 is 11.7 Å². The zero-order chi connectivity index (χ0) is 14.5. The van der Waals surface area contributed by atoms with Crippen molar-refractivity contribution in [3.05, 3.63) is 48.0 Å². The van der Waals surface area contributed by atoms with E-state index >= 15 is 0 Å². The first-order valence-corrected chi connectivity index (χ1v) is 6.08. The first-order valence-electron chi connectivity index (χ1n) is 6.08. The minimum atomic E-state index is -0.492. The molecule has 0 radical (unpaired) electrons. The summed E-state index contributed by atoms with van der Waals surface area (Å²) in [6, 6.07) is 6.20. The molecule has 0 bridgehead atoms. The van der Waals surface area contributed by atoms with Crippen molar-refractivity contribution in [1.82, 2.24) is 10.3 Å². The Balaban J connectivity index is 2.19. The number of carbonyl (C=O) groups excluding carboxylic acids is 2. The second kappa shape index (κ2) is 6.01. The normalized spacial score (nSPS) is 10.2. The molecule has 2 amide bonds. The molecule has 20 heavy (non-hydrogen) atoms. The molecule has 0 unspecified atom stereocenters. The van der Waals surface area contributed by atoms with E-state index in [0.717, 1.165) is 0 Å². The second-order valence-electron chi connectivity index (χ2n) is 4.23. The van der Waals surface area contributed by atoms with Crippen molar-refractivity contribution in [2.75, 3.05) is 6.54 Å². The minimum absolute atomic E-state index is 0.0607. The molecule has 0 saturated heterocycles. The fourth-order valence-electron chi connectivity index (χ4n) is 1.85. The molecule has 2 rings (SSSR count). The lowest BCUT2D eigenvalue weighted by atomic mass is 10.0. The molecule has 104 valence electrons. The van der Waals surface area contributed by atoms with E-state index in [0.29, 0.717) is 16.7 Å². The predicted octanol–water partition coefficient (Wildman–Crippen LogP) is 1.43. The highest BCUT2D eigenvalue weighted by molar-refractivity contribution is 6.00. The smallest absolute Gasteiger partial charge is 0.253 e. The van der Waals surface area contributed by atoms with Crippen molar-refractivity contribution < 1.29 is 14.0 Å². The number of nitrogens with one attached hydrogen (secondary N) is 2. The van der Waals surface area contributed by atoms with Crippen LogP contribution in [-0.2, 0) is 4.79 Å². The van der Waals surface area contributed by atoms with Crippen LogP contribution >= 0.6 is 0 Å². The zero-order valence-electron chi connectivity index (χ0n) is 10.7. The molecule has 0 aliphatic heterocycles. The van der Waals surface area contributed by atoms with E-state index in [1.807, 2.05) is 0 Å². The standard InChI is InChI=1S/C14H14FN3O2/c15-12-4-2-1-3-9(12)10-7-17-8-11(10)14(20)18-6-5-13(16)19/h1-4,7-8,17H,5-6H2,(H2,16,19)(H,18,20). The summed E-state index contributed by atoms with van der Waals surface area (Å²) < 4.78 is 13.7. The van der Waals surface area contributed by atoms with Crippen LogP contribution in [0.4, 0.5) is 4.39 Å². The van der Waals surface area contributed by atoms with Crippen molar-refractivity contribution in [2.45, 2.75) is 6.42 Å². The van der Waals surface area contributed by atoms with Crippen LogP contribution in [0.5, 0.6) is 0 Å². The lowest BCUT2D eigenvalue weighted by Crippen LogP contribution is -2.27. The van der Waals surface area contributed by atoms with E-state index in [1.165, 1.54) is 12.3 Å². The van der Waals surface area contributed by atoms with Gasteiger partial charge in [0.1, 0.15) is 5.82 Å². The number of rotatable bonds is 5. The Morgan fingerprint density at radius 2 is 1.95 bits per heavy atom. The monoisotopic (exact) mass is 275 g/mol. The van der Waals surface area contributed by atoms with Gasteiger partial charge in [-0.2, -0.15) is 0 Å². The number of H-pyrrole nitrogens is 1. The first kappa shape index (κ1) is 13.8. The number of carbonyl (C=O) groups is 2. The topological polar surface area (TPSA) is 88.0 Å². The Morgan fingerprint density at radius 1 is 1.20 bits per heavy atom. The molecule has 0 fully saturated rings. The fourth-order valence-corrected chi connectivity index (χ4v) is 1.85. The van der Waals surface area contributed by atoms with Crippen molar-refractivity contribution in [3.63, 3.8) is 0 Å². The van der Waals surface area contributed by atoms with Crippen molar-refractivity contribution in [2.24, 2.45) is 5.73 Å². The lowest BCUT2D eigenvalue weighted by Gasteiger charge is -2.06. The minimum Gasteiger partial charge on any atom is -0.370 e. The summed E-state index contributed by atoms with van der Waals surface area (Å²) in [5, 5.41) is 2.56. The third kappa shape index (κ3) is 3.03. The molecular weight excluding hydrogens is 261 g/mol. The summed E-state index contributed by atoms with van der Waals surface area (Å²) in [7, 11) is 0. The second-order valence-corrected chi connectivity index (χ2v) is 4.23. The molecule has 0 aliphatic rings. The Bertz CT molecular complexity index is 637. The zero-order valence-corrected chi connectivity index (χ0v) is 10.7. The Hall–Kier alpha value is -2.63. The molecule has 1 aromatic heterocycles. The third-order valence-electron chi connectivity index (χ3n) is 2.81. The number of hydrogen-bond acceptors (Lipinski definition) is 2. The highest BCUT2D eigenvalue weighted by atomic mass is 19.1. The summed E-state index contributed by atoms with van der Waals surface area (Å²) >= 11 is 0. The van der Waals surface area contributed by atoms with Gasteiger partial charge in [-0.3, -0.25) is 9.59 Å². The van der Waals surface area contributed by atoms with Crippen LogP contribution < -0.4 is 11.1 Å². The van der Waals surface area contributed by atoms with Crippen molar-refractivity contribution in [1.29, 1.82) is 0 Å². The molecule has 5 nitrogen and oxygen atoms in total. The lowest BCUT2D eigenvalue weighted by molar-refractivity contribution is -0.117. The molecule has 0 saturated carbocycles. The number of nitrogens with two attached hydrogens (primary N) is 1. The summed E-state index contributed by atoms with van der Waals surface area (Å²) in [6.45, 7) is 0.149. The third-order valence-corrected chi connectivity index (χ3v) is 2.81. The van der Waals surface area contributed by atoms with Gasteiger partial charge in [0.05, 0.1) is 5.56 Å². The maximum absolute atomic E-state index is 13.7. The van der Waals surface area contributed by atoms with Gasteiger partial charge in [-0.25, -0.2) is 4.39 Å². The summed E-state index contributed by atoms with van der Waals surface area (Å²) in [6.07, 6.45) is 3.11. The molecule has 0 aliphatic carbocycles. The van der Waals surface area contributed by atoms with Gasteiger partial charge in [0.2, 0.25) is 5.91 Å². The van der Waals surface area contributed by atoms with Gasteiger partial charge >= 0.3 is 0 Å². The molecule has 4 N–H and O–H groups in total. The molecule has 2 aromatic rings. The van der Waals surface area contributed by atoms with Crippen molar-refractivity contribution >= 4 is 11.8 Å². The van der Waals surface area contributed by atoms with Crippen LogP contribution in [0.2, 0.25) is 0 Å². The van der Waals surface area contributed by atoms with Gasteiger partial charge in [-0.05, 0) is 6.07 Å². The number of aromatic amines is 1. The Morgan fingerprint density at radius 3 is 2.65 bits per heavy atom. The number of halogens is 1. The number of aromatic nitrogens is 1. The average Bonchev–Trinajstić information content (AvgIpc) is 2.87. The fraction of sp³-hybridized carbons (Fsp3) is 0.143. The van der Waals surface area contributed by atoms with Crippen molar-refractivity contribution in [3.8, 4) is 11.1 Å². The number of benzene rings is 1. The van der Waals surface area contributed by atoms with Gasteiger partial charge in [0.15, 0.2) is 0 Å². The molecule has 6 heteroatoms. The molecule has 1 aromatic carbocycles. The Kier molecular flexibility index (Phi) is 4.14. The summed E-state index contributed by atoms with van der Waals surface area (Å²) in [4.78, 5) is 25.4. The van der Waals surface area contributed by atoms with E-state index in [9.17, 15) is 14.0 Å². The van der Waals surface area contributed by atoms with Crippen LogP contribution in [0.15, 0.2) is 36.7 Å². The van der Waals surface area contributed by atoms with Gasteiger partial charge in [-0.1, -0.05) is 18.2 Å². The largest absolute Gasteiger partial charge is 0.370 e. The maximum atomic E-state index is 13.7. The van der Waals surface area contributed by atoms with Crippen LogP contribution in [0.25, 0.3) is 11.1 Å². The van der Waals surface area contributed by atoms with Gasteiger partial charge < -0.3 is 16.0 Å². The van der Waals surface area contributed by atoms with E-state index in [1.54, 1.807) is 24.4 Å². The van der Waals surface area contributed by atoms with E-state index in [2.05, 4.69) is 10.3 Å². The van der Waals surface area contributed by atoms with E-state index in [4.69, 9.17) is 5.73 Å². The number of amides is 2. The molecule has 0 spiro atoms. The maximum Gasteiger partial charge on any atom is 0.253 e. The van der Waals surface area contributed by atoms with Gasteiger partial charge in [0.25, 0.3) is 5.91 Å². The van der Waals surface area contributed by atoms with Crippen LogP contribution in [0, 0.1) is 5.82 Å². The Labute approximate surface area is 115 Å². The molecular formula is C14H14FN3O2. The average molecular weight is 275 g/mol. The molecule has 1 heterocycles. The van der Waals surface area contributed by atoms with Gasteiger partial charge in [-0.15, -0.1) is 0 Å². The quantitative estimate of drug-likeness (QED) is 0.770. The summed E-state index contributed by atoms with van der Waals surface area (Å²) in [5.74, 6) is -1.28. The first-order chi connectivity index (χ1) is 9.59. The van der Waals surface area contributed by atoms with Crippen LogP contribution in [0.1, 0.15) is 16.8 Å². The SMILES string of the molecule is NC(=O)CCNC(=O)c1c[nH]cc1-c1ccccc1F. The predicted molar refractivity (Wildman–Crippen MR) is 72.3 cm³/mol. The van der Waals surface area contributed by atoms with Crippen LogP contribution in [-0.4, -0.2) is 23.3 Å². The van der Waals surface area contributed by atoms with Gasteiger partial charge in [0, 0.05) is 36.5 Å². The van der Waals surface area contributed by atoms with E-state index in [-0.39, 0.29) is 18.9 Å². The number of primary amides is 1. The summed E-state index contributed by atoms with van der Waals surface area (Å²) in [5.41, 5.74) is 6.12. The highest BCUT2D eigenvalue weighted by Crippen LogP contribution is 2.25. The highest BCUT2D eigenvalue weighted by Gasteiger charge is 2.16.